The molecule has 2 unspecified atom stereocenters. The van der Waals surface area contributed by atoms with Crippen LogP contribution in [0.4, 0.5) is 0 Å². The van der Waals surface area contributed by atoms with Crippen molar-refractivity contribution in [2.24, 2.45) is 5.92 Å². The number of fused-ring (bicyclic) bond motifs is 1. The second kappa shape index (κ2) is 7.95. The van der Waals surface area contributed by atoms with E-state index >= 15 is 0 Å². The van der Waals surface area contributed by atoms with E-state index < -0.39 is 0 Å². The highest BCUT2D eigenvalue weighted by Gasteiger charge is 2.17. The summed E-state index contributed by atoms with van der Waals surface area (Å²) in [4.78, 5) is 0. The quantitative estimate of drug-likeness (QED) is 0.795. The fraction of sp³-hybridized carbons (Fsp3) is 0.684. The third kappa shape index (κ3) is 4.31. The van der Waals surface area contributed by atoms with Crippen LogP contribution in [0.15, 0.2) is 18.2 Å². The zero-order valence-electron chi connectivity index (χ0n) is 13.9. The smallest absolute Gasteiger partial charge is 0.0692 e. The van der Waals surface area contributed by atoms with Crippen molar-refractivity contribution in [2.75, 3.05) is 6.54 Å². The normalized spacial score (nSPS) is 17.6. The Hall–Kier alpha value is -0.860. The first-order valence-electron chi connectivity index (χ1n) is 8.68. The van der Waals surface area contributed by atoms with Gasteiger partial charge in [-0.25, -0.2) is 0 Å². The molecule has 2 atom stereocenters. The van der Waals surface area contributed by atoms with Gasteiger partial charge in [0.2, 0.25) is 0 Å². The van der Waals surface area contributed by atoms with Gasteiger partial charge in [0, 0.05) is 12.6 Å². The van der Waals surface area contributed by atoms with Crippen molar-refractivity contribution in [3.05, 3.63) is 34.9 Å². The third-order valence-corrected chi connectivity index (χ3v) is 5.10. The molecule has 2 rings (SSSR count). The van der Waals surface area contributed by atoms with Crippen molar-refractivity contribution < 1.29 is 5.11 Å². The second-order valence-corrected chi connectivity index (χ2v) is 6.51. The SMILES string of the molecule is CCC(CC)C(O)CNC(C)c1ccc2c(c1)CCCC2. The molecule has 1 aliphatic rings. The summed E-state index contributed by atoms with van der Waals surface area (Å²) >= 11 is 0. The van der Waals surface area contributed by atoms with Gasteiger partial charge in [-0.3, -0.25) is 0 Å². The van der Waals surface area contributed by atoms with E-state index in [1.807, 2.05) is 0 Å². The average molecular weight is 289 g/mol. The topological polar surface area (TPSA) is 32.3 Å². The molecular formula is C19H31NO. The Morgan fingerprint density at radius 2 is 1.76 bits per heavy atom. The fourth-order valence-corrected chi connectivity index (χ4v) is 3.44. The predicted molar refractivity (Wildman–Crippen MR) is 89.6 cm³/mol. The van der Waals surface area contributed by atoms with Gasteiger partial charge in [0.1, 0.15) is 0 Å². The molecule has 0 fully saturated rings. The maximum atomic E-state index is 10.2. The van der Waals surface area contributed by atoms with E-state index in [9.17, 15) is 5.11 Å². The van der Waals surface area contributed by atoms with Crippen LogP contribution in [-0.4, -0.2) is 17.8 Å². The highest BCUT2D eigenvalue weighted by molar-refractivity contribution is 5.35. The summed E-state index contributed by atoms with van der Waals surface area (Å²) in [6, 6.07) is 7.24. The van der Waals surface area contributed by atoms with Gasteiger partial charge in [0.15, 0.2) is 0 Å². The Morgan fingerprint density at radius 1 is 1.10 bits per heavy atom. The van der Waals surface area contributed by atoms with Gasteiger partial charge in [0.25, 0.3) is 0 Å². The van der Waals surface area contributed by atoms with Gasteiger partial charge < -0.3 is 10.4 Å². The summed E-state index contributed by atoms with van der Waals surface area (Å²) in [5.41, 5.74) is 4.43. The molecule has 21 heavy (non-hydrogen) atoms. The molecule has 0 saturated carbocycles. The van der Waals surface area contributed by atoms with Crippen LogP contribution in [0, 0.1) is 5.92 Å². The lowest BCUT2D eigenvalue weighted by molar-refractivity contribution is 0.0989. The van der Waals surface area contributed by atoms with Crippen LogP contribution < -0.4 is 5.32 Å². The largest absolute Gasteiger partial charge is 0.392 e. The summed E-state index contributed by atoms with van der Waals surface area (Å²) in [5, 5.41) is 13.7. The number of aliphatic hydroxyl groups is 1. The standard InChI is InChI=1S/C19H31NO/c1-4-15(5-2)19(21)13-20-14(3)17-11-10-16-8-6-7-9-18(16)12-17/h10-12,14-15,19-21H,4-9,13H2,1-3H3. The number of nitrogens with one attached hydrogen (secondary N) is 1. The Labute approximate surface area is 130 Å². The molecule has 2 nitrogen and oxygen atoms in total. The molecular weight excluding hydrogens is 258 g/mol. The van der Waals surface area contributed by atoms with Crippen LogP contribution in [0.2, 0.25) is 0 Å². The monoisotopic (exact) mass is 289 g/mol. The van der Waals surface area contributed by atoms with Gasteiger partial charge in [0.05, 0.1) is 6.10 Å². The molecule has 0 amide bonds. The molecule has 1 aromatic carbocycles. The molecule has 118 valence electrons. The van der Waals surface area contributed by atoms with Gasteiger partial charge in [-0.05, 0) is 55.2 Å². The summed E-state index contributed by atoms with van der Waals surface area (Å²) in [5.74, 6) is 0.410. The molecule has 1 aromatic rings. The Balaban J connectivity index is 1.92. The van der Waals surface area contributed by atoms with E-state index in [0.717, 1.165) is 12.8 Å². The minimum absolute atomic E-state index is 0.236. The van der Waals surface area contributed by atoms with Crippen molar-refractivity contribution >= 4 is 0 Å². The first kappa shape index (κ1) is 16.5. The first-order chi connectivity index (χ1) is 10.2. The minimum atomic E-state index is -0.236. The fourth-order valence-electron chi connectivity index (χ4n) is 3.44. The van der Waals surface area contributed by atoms with Crippen molar-refractivity contribution in [2.45, 2.75) is 71.4 Å². The van der Waals surface area contributed by atoms with Crippen LogP contribution in [0.5, 0.6) is 0 Å². The lowest BCUT2D eigenvalue weighted by Gasteiger charge is -2.24. The van der Waals surface area contributed by atoms with E-state index in [1.54, 1.807) is 0 Å². The number of aryl methyl sites for hydroxylation is 2. The number of rotatable bonds is 7. The predicted octanol–water partition coefficient (Wildman–Crippen LogP) is 4.01. The van der Waals surface area contributed by atoms with Crippen molar-refractivity contribution in [1.82, 2.24) is 5.32 Å². The Bertz CT molecular complexity index is 439. The van der Waals surface area contributed by atoms with Gasteiger partial charge in [-0.15, -0.1) is 0 Å². The highest BCUT2D eigenvalue weighted by Crippen LogP contribution is 2.25. The lowest BCUT2D eigenvalue weighted by atomic mass is 9.89. The molecule has 2 N–H and O–H groups in total. The molecule has 0 aromatic heterocycles. The van der Waals surface area contributed by atoms with Gasteiger partial charge in [-0.2, -0.15) is 0 Å². The van der Waals surface area contributed by atoms with E-state index in [1.165, 1.54) is 42.4 Å². The van der Waals surface area contributed by atoms with Crippen molar-refractivity contribution in [1.29, 1.82) is 0 Å². The maximum Gasteiger partial charge on any atom is 0.0692 e. The molecule has 0 aliphatic heterocycles. The van der Waals surface area contributed by atoms with Crippen LogP contribution >= 0.6 is 0 Å². The van der Waals surface area contributed by atoms with Crippen LogP contribution in [0.1, 0.15) is 69.2 Å². The van der Waals surface area contributed by atoms with E-state index in [0.29, 0.717) is 18.5 Å². The minimum Gasteiger partial charge on any atom is -0.392 e. The zero-order valence-corrected chi connectivity index (χ0v) is 13.9. The molecule has 2 heteroatoms. The summed E-state index contributed by atoms with van der Waals surface area (Å²) in [6.07, 6.45) is 6.99. The average Bonchev–Trinajstić information content (AvgIpc) is 2.53. The summed E-state index contributed by atoms with van der Waals surface area (Å²) in [6.45, 7) is 7.20. The summed E-state index contributed by atoms with van der Waals surface area (Å²) < 4.78 is 0. The molecule has 0 saturated heterocycles. The maximum absolute atomic E-state index is 10.2. The van der Waals surface area contributed by atoms with Crippen molar-refractivity contribution in [3.63, 3.8) is 0 Å². The third-order valence-electron chi connectivity index (χ3n) is 5.10. The summed E-state index contributed by atoms with van der Waals surface area (Å²) in [7, 11) is 0. The number of benzene rings is 1. The number of hydrogen-bond acceptors (Lipinski definition) is 2. The highest BCUT2D eigenvalue weighted by atomic mass is 16.3. The number of hydrogen-bond donors (Lipinski definition) is 2. The second-order valence-electron chi connectivity index (χ2n) is 6.51. The first-order valence-corrected chi connectivity index (χ1v) is 8.68. The number of aliphatic hydroxyl groups excluding tert-OH is 1. The molecule has 1 aliphatic carbocycles. The van der Waals surface area contributed by atoms with Gasteiger partial charge in [-0.1, -0.05) is 44.9 Å². The Morgan fingerprint density at radius 3 is 2.43 bits per heavy atom. The van der Waals surface area contributed by atoms with Gasteiger partial charge >= 0.3 is 0 Å². The molecule has 0 radical (unpaired) electrons. The van der Waals surface area contributed by atoms with Crippen molar-refractivity contribution in [3.8, 4) is 0 Å². The van der Waals surface area contributed by atoms with Crippen LogP contribution in [-0.2, 0) is 12.8 Å². The zero-order chi connectivity index (χ0) is 15.2. The van der Waals surface area contributed by atoms with Crippen LogP contribution in [0.25, 0.3) is 0 Å². The van der Waals surface area contributed by atoms with Crippen LogP contribution in [0.3, 0.4) is 0 Å². The van der Waals surface area contributed by atoms with E-state index in [2.05, 4.69) is 44.3 Å². The molecule has 0 spiro atoms. The molecule has 0 heterocycles. The molecule has 0 bridgehead atoms. The van der Waals surface area contributed by atoms with E-state index in [-0.39, 0.29) is 6.10 Å². The van der Waals surface area contributed by atoms with E-state index in [4.69, 9.17) is 0 Å². The Kier molecular flexibility index (Phi) is 6.25. The lowest BCUT2D eigenvalue weighted by Crippen LogP contribution is -2.34.